The first-order valence-corrected chi connectivity index (χ1v) is 10.5. The summed E-state index contributed by atoms with van der Waals surface area (Å²) in [7, 11) is 1.87. The van der Waals surface area contributed by atoms with Crippen molar-refractivity contribution in [3.8, 4) is 11.4 Å². The van der Waals surface area contributed by atoms with E-state index in [1.165, 1.54) is 43.2 Å². The largest absolute Gasteiger partial charge is 0.339 e. The van der Waals surface area contributed by atoms with Gasteiger partial charge in [0.1, 0.15) is 5.82 Å². The summed E-state index contributed by atoms with van der Waals surface area (Å²) < 4.78 is 15.0. The van der Waals surface area contributed by atoms with Crippen molar-refractivity contribution in [1.82, 2.24) is 19.7 Å². The van der Waals surface area contributed by atoms with E-state index in [0.29, 0.717) is 17.0 Å². The van der Waals surface area contributed by atoms with Crippen molar-refractivity contribution >= 4 is 17.7 Å². The third-order valence-electron chi connectivity index (χ3n) is 5.21. The molecule has 1 heterocycles. The molecule has 0 aliphatic heterocycles. The van der Waals surface area contributed by atoms with Gasteiger partial charge in [-0.1, -0.05) is 31.0 Å². The van der Waals surface area contributed by atoms with Gasteiger partial charge in [0.15, 0.2) is 11.0 Å². The molecule has 5 nitrogen and oxygen atoms in total. The summed E-state index contributed by atoms with van der Waals surface area (Å²) in [5.41, 5.74) is 0.801. The molecule has 1 unspecified atom stereocenters. The number of carbonyl (C=O) groups is 1. The van der Waals surface area contributed by atoms with Crippen LogP contribution in [0, 0.1) is 5.82 Å². The van der Waals surface area contributed by atoms with E-state index in [1.54, 1.807) is 12.1 Å². The van der Waals surface area contributed by atoms with Gasteiger partial charge in [-0.3, -0.25) is 4.79 Å². The second-order valence-electron chi connectivity index (χ2n) is 7.05. The zero-order chi connectivity index (χ0) is 19.4. The summed E-state index contributed by atoms with van der Waals surface area (Å²) in [5, 5.41) is 8.94. The van der Waals surface area contributed by atoms with E-state index in [2.05, 4.69) is 17.1 Å². The summed E-state index contributed by atoms with van der Waals surface area (Å²) in [5.74, 6) is 0.551. The molecule has 3 rings (SSSR count). The van der Waals surface area contributed by atoms with Crippen LogP contribution >= 0.6 is 11.8 Å². The minimum absolute atomic E-state index is 0.167. The van der Waals surface area contributed by atoms with E-state index in [9.17, 15) is 9.18 Å². The van der Waals surface area contributed by atoms with Crippen LogP contribution in [0.1, 0.15) is 46.0 Å². The number of thioether (sulfide) groups is 1. The molecule has 2 aromatic rings. The highest BCUT2D eigenvalue weighted by atomic mass is 32.2. The number of carbonyl (C=O) groups excluding carboxylic acids is 1. The van der Waals surface area contributed by atoms with Crippen LogP contribution in [0.2, 0.25) is 0 Å². The zero-order valence-corrected chi connectivity index (χ0v) is 17.0. The lowest BCUT2D eigenvalue weighted by Gasteiger charge is -2.35. The number of nitrogens with zero attached hydrogens (tertiary/aromatic N) is 4. The van der Waals surface area contributed by atoms with Gasteiger partial charge in [0.2, 0.25) is 5.91 Å². The molecule has 1 aliphatic carbocycles. The van der Waals surface area contributed by atoms with Crippen molar-refractivity contribution in [3.05, 3.63) is 30.1 Å². The van der Waals surface area contributed by atoms with Gasteiger partial charge in [-0.25, -0.2) is 4.39 Å². The molecule has 1 aromatic carbocycles. The number of hydrogen-bond donors (Lipinski definition) is 0. The van der Waals surface area contributed by atoms with Crippen LogP contribution < -0.4 is 0 Å². The monoisotopic (exact) mass is 390 g/mol. The molecule has 1 saturated carbocycles. The minimum atomic E-state index is -0.280. The highest BCUT2D eigenvalue weighted by Crippen LogP contribution is 2.29. The molecular formula is C20H27FN4OS. The minimum Gasteiger partial charge on any atom is -0.339 e. The summed E-state index contributed by atoms with van der Waals surface area (Å²) >= 11 is 1.43. The Labute approximate surface area is 164 Å². The van der Waals surface area contributed by atoms with Crippen LogP contribution in [0.3, 0.4) is 0 Å². The summed E-state index contributed by atoms with van der Waals surface area (Å²) in [6.07, 6.45) is 5.91. The van der Waals surface area contributed by atoms with Gasteiger partial charge >= 0.3 is 0 Å². The lowest BCUT2D eigenvalue weighted by atomic mass is 9.94. The first kappa shape index (κ1) is 19.9. The SMILES string of the molecule is CCN(C(=O)C(C)Sc1nnc(-c2ccc(F)cc2)n1C)C1CCCCC1. The maximum atomic E-state index is 13.1. The normalized spacial score (nSPS) is 16.3. The van der Waals surface area contributed by atoms with Crippen LogP contribution in [0.25, 0.3) is 11.4 Å². The zero-order valence-electron chi connectivity index (χ0n) is 16.2. The van der Waals surface area contributed by atoms with Gasteiger partial charge in [0, 0.05) is 25.2 Å². The predicted molar refractivity (Wildman–Crippen MR) is 106 cm³/mol. The average molecular weight is 391 g/mol. The van der Waals surface area contributed by atoms with E-state index in [0.717, 1.165) is 24.9 Å². The van der Waals surface area contributed by atoms with E-state index >= 15 is 0 Å². The Balaban J connectivity index is 1.70. The number of benzene rings is 1. The molecule has 0 spiro atoms. The number of hydrogen-bond acceptors (Lipinski definition) is 4. The fraction of sp³-hybridized carbons (Fsp3) is 0.550. The van der Waals surface area contributed by atoms with Gasteiger partial charge in [-0.2, -0.15) is 0 Å². The Morgan fingerprint density at radius 3 is 2.56 bits per heavy atom. The van der Waals surface area contributed by atoms with Crippen molar-refractivity contribution in [1.29, 1.82) is 0 Å². The van der Waals surface area contributed by atoms with E-state index in [4.69, 9.17) is 0 Å². The van der Waals surface area contributed by atoms with Crippen molar-refractivity contribution in [2.24, 2.45) is 7.05 Å². The Bertz CT molecular complexity index is 771. The molecule has 27 heavy (non-hydrogen) atoms. The van der Waals surface area contributed by atoms with Gasteiger partial charge in [0.25, 0.3) is 0 Å². The van der Waals surface area contributed by atoms with Crippen LogP contribution in [-0.2, 0) is 11.8 Å². The molecule has 0 saturated heterocycles. The average Bonchev–Trinajstić information content (AvgIpc) is 3.04. The summed E-state index contributed by atoms with van der Waals surface area (Å²) in [4.78, 5) is 15.0. The molecule has 0 radical (unpaired) electrons. The van der Waals surface area contributed by atoms with Gasteiger partial charge in [-0.15, -0.1) is 10.2 Å². The van der Waals surface area contributed by atoms with Gasteiger partial charge in [0.05, 0.1) is 5.25 Å². The molecule has 146 valence electrons. The first-order chi connectivity index (χ1) is 13.0. The number of rotatable bonds is 6. The van der Waals surface area contributed by atoms with Crippen LogP contribution in [0.5, 0.6) is 0 Å². The summed E-state index contributed by atoms with van der Waals surface area (Å²) in [6, 6.07) is 6.56. The van der Waals surface area contributed by atoms with Gasteiger partial charge in [-0.05, 0) is 51.0 Å². The Hall–Kier alpha value is -1.89. The second-order valence-corrected chi connectivity index (χ2v) is 8.36. The third-order valence-corrected chi connectivity index (χ3v) is 6.33. The molecule has 7 heteroatoms. The van der Waals surface area contributed by atoms with E-state index in [-0.39, 0.29) is 17.0 Å². The first-order valence-electron chi connectivity index (χ1n) is 9.63. The molecule has 0 bridgehead atoms. The van der Waals surface area contributed by atoms with Crippen LogP contribution in [0.15, 0.2) is 29.4 Å². The Morgan fingerprint density at radius 2 is 1.93 bits per heavy atom. The molecule has 1 aliphatic rings. The molecule has 1 aromatic heterocycles. The maximum Gasteiger partial charge on any atom is 0.236 e. The molecule has 1 atom stereocenters. The number of aromatic nitrogens is 3. The highest BCUT2D eigenvalue weighted by molar-refractivity contribution is 8.00. The molecule has 0 N–H and O–H groups in total. The third kappa shape index (κ3) is 4.51. The lowest BCUT2D eigenvalue weighted by Crippen LogP contribution is -2.44. The van der Waals surface area contributed by atoms with Gasteiger partial charge < -0.3 is 9.47 Å². The molecule has 1 fully saturated rings. The summed E-state index contributed by atoms with van der Waals surface area (Å²) in [6.45, 7) is 4.73. The van der Waals surface area contributed by atoms with Crippen LogP contribution in [-0.4, -0.2) is 43.4 Å². The van der Waals surface area contributed by atoms with E-state index in [1.807, 2.05) is 23.4 Å². The quantitative estimate of drug-likeness (QED) is 0.691. The number of amides is 1. The highest BCUT2D eigenvalue weighted by Gasteiger charge is 2.29. The van der Waals surface area contributed by atoms with Crippen LogP contribution in [0.4, 0.5) is 4.39 Å². The topological polar surface area (TPSA) is 51.0 Å². The maximum absolute atomic E-state index is 13.1. The predicted octanol–water partition coefficient (Wildman–Crippen LogP) is 4.28. The van der Waals surface area contributed by atoms with E-state index < -0.39 is 0 Å². The number of halogens is 1. The molecular weight excluding hydrogens is 363 g/mol. The Morgan fingerprint density at radius 1 is 1.26 bits per heavy atom. The Kier molecular flexibility index (Phi) is 6.52. The molecule has 1 amide bonds. The van der Waals surface area contributed by atoms with Crippen molar-refractivity contribution in [3.63, 3.8) is 0 Å². The van der Waals surface area contributed by atoms with Crippen molar-refractivity contribution < 1.29 is 9.18 Å². The van der Waals surface area contributed by atoms with Crippen molar-refractivity contribution in [2.75, 3.05) is 6.54 Å². The lowest BCUT2D eigenvalue weighted by molar-refractivity contribution is -0.133. The fourth-order valence-corrected chi connectivity index (χ4v) is 4.58. The smallest absolute Gasteiger partial charge is 0.236 e. The fourth-order valence-electron chi connectivity index (χ4n) is 3.70. The standard InChI is InChI=1S/C20H27FN4OS/c1-4-25(17-8-6-5-7-9-17)19(26)14(2)27-20-23-22-18(24(20)3)15-10-12-16(21)13-11-15/h10-14,17H,4-9H2,1-3H3. The second kappa shape index (κ2) is 8.87. The van der Waals surface area contributed by atoms with Crippen molar-refractivity contribution in [2.45, 2.75) is 62.4 Å².